The first kappa shape index (κ1) is 16.5. The van der Waals surface area contributed by atoms with Crippen molar-refractivity contribution in [2.75, 3.05) is 37.6 Å². The standard InChI is InChI=1S/C14H23N5O2S/c1-14(2,3)21-11(20)10-17-12(15)18-5-7-19(8-6-18)13-16-4-9-22-13/h4,9H,5-8,10H2,1-3H3,(H2,15,17). The summed E-state index contributed by atoms with van der Waals surface area (Å²) in [5.41, 5.74) is 5.46. The highest BCUT2D eigenvalue weighted by Crippen LogP contribution is 2.18. The Kier molecular flexibility index (Phi) is 5.23. The summed E-state index contributed by atoms with van der Waals surface area (Å²) in [6.45, 7) is 8.66. The molecule has 1 aromatic heterocycles. The number of anilines is 1. The minimum atomic E-state index is -0.499. The van der Waals surface area contributed by atoms with Gasteiger partial charge in [-0.3, -0.25) is 4.79 Å². The monoisotopic (exact) mass is 325 g/mol. The molecule has 0 atom stereocenters. The molecule has 1 aromatic rings. The van der Waals surface area contributed by atoms with Crippen molar-refractivity contribution in [2.45, 2.75) is 26.4 Å². The van der Waals surface area contributed by atoms with Crippen LogP contribution in [-0.2, 0) is 9.53 Å². The molecule has 1 fully saturated rings. The first-order chi connectivity index (χ1) is 10.3. The third-order valence-corrected chi connectivity index (χ3v) is 3.92. The average molecular weight is 325 g/mol. The molecule has 0 aromatic carbocycles. The van der Waals surface area contributed by atoms with Gasteiger partial charge in [-0.15, -0.1) is 11.3 Å². The molecule has 122 valence electrons. The minimum absolute atomic E-state index is 0.0458. The van der Waals surface area contributed by atoms with E-state index in [4.69, 9.17) is 10.5 Å². The number of nitrogens with two attached hydrogens (primary N) is 1. The number of hydrogen-bond donors (Lipinski definition) is 1. The number of ether oxygens (including phenoxy) is 1. The quantitative estimate of drug-likeness (QED) is 0.505. The molecule has 0 unspecified atom stereocenters. The molecular weight excluding hydrogens is 302 g/mol. The summed E-state index contributed by atoms with van der Waals surface area (Å²) in [6.07, 6.45) is 1.81. The normalized spacial score (nSPS) is 16.8. The van der Waals surface area contributed by atoms with E-state index in [0.29, 0.717) is 5.96 Å². The van der Waals surface area contributed by atoms with Gasteiger partial charge in [0.05, 0.1) is 0 Å². The van der Waals surface area contributed by atoms with Gasteiger partial charge < -0.3 is 20.3 Å². The third-order valence-electron chi connectivity index (χ3n) is 3.08. The summed E-state index contributed by atoms with van der Waals surface area (Å²) < 4.78 is 5.21. The van der Waals surface area contributed by atoms with Crippen molar-refractivity contribution < 1.29 is 9.53 Å². The Morgan fingerprint density at radius 2 is 2.09 bits per heavy atom. The van der Waals surface area contributed by atoms with E-state index in [2.05, 4.69) is 14.9 Å². The fraction of sp³-hybridized carbons (Fsp3) is 0.643. The summed E-state index contributed by atoms with van der Waals surface area (Å²) in [4.78, 5) is 24.3. The maximum Gasteiger partial charge on any atom is 0.328 e. The van der Waals surface area contributed by atoms with Gasteiger partial charge >= 0.3 is 5.97 Å². The first-order valence-electron chi connectivity index (χ1n) is 7.26. The number of carbonyl (C=O) groups excluding carboxylic acids is 1. The van der Waals surface area contributed by atoms with Gasteiger partial charge in [0, 0.05) is 37.8 Å². The molecule has 7 nitrogen and oxygen atoms in total. The molecule has 22 heavy (non-hydrogen) atoms. The van der Waals surface area contributed by atoms with E-state index in [1.54, 1.807) is 11.3 Å². The van der Waals surface area contributed by atoms with Crippen LogP contribution in [0.4, 0.5) is 5.13 Å². The van der Waals surface area contributed by atoms with Crippen LogP contribution >= 0.6 is 11.3 Å². The highest BCUT2D eigenvalue weighted by atomic mass is 32.1. The number of thiazole rings is 1. The topological polar surface area (TPSA) is 84.0 Å². The predicted molar refractivity (Wildman–Crippen MR) is 88.2 cm³/mol. The second-order valence-corrected chi connectivity index (χ2v) is 6.92. The molecule has 2 heterocycles. The van der Waals surface area contributed by atoms with E-state index in [1.165, 1.54) is 0 Å². The van der Waals surface area contributed by atoms with Crippen molar-refractivity contribution in [2.24, 2.45) is 10.7 Å². The zero-order valence-electron chi connectivity index (χ0n) is 13.3. The van der Waals surface area contributed by atoms with Crippen molar-refractivity contribution >= 4 is 28.4 Å². The molecular formula is C14H23N5O2S. The van der Waals surface area contributed by atoms with Crippen molar-refractivity contribution in [3.63, 3.8) is 0 Å². The number of nitrogens with zero attached hydrogens (tertiary/aromatic N) is 4. The molecule has 1 saturated heterocycles. The fourth-order valence-electron chi connectivity index (χ4n) is 2.12. The van der Waals surface area contributed by atoms with Gasteiger partial charge in [-0.2, -0.15) is 0 Å². The highest BCUT2D eigenvalue weighted by Gasteiger charge is 2.20. The number of carbonyl (C=O) groups is 1. The van der Waals surface area contributed by atoms with E-state index in [-0.39, 0.29) is 12.5 Å². The van der Waals surface area contributed by atoms with E-state index < -0.39 is 5.60 Å². The Morgan fingerprint density at radius 3 is 2.64 bits per heavy atom. The Labute approximate surface area is 134 Å². The summed E-state index contributed by atoms with van der Waals surface area (Å²) in [6, 6.07) is 0. The van der Waals surface area contributed by atoms with Gasteiger partial charge in [0.1, 0.15) is 12.1 Å². The molecule has 0 aliphatic carbocycles. The second kappa shape index (κ2) is 6.95. The SMILES string of the molecule is CC(C)(C)OC(=O)CN=C(N)N1CCN(c2nccs2)CC1. The van der Waals surface area contributed by atoms with Gasteiger partial charge in [-0.25, -0.2) is 9.98 Å². The maximum atomic E-state index is 11.6. The lowest BCUT2D eigenvalue weighted by Crippen LogP contribution is -2.51. The lowest BCUT2D eigenvalue weighted by Gasteiger charge is -2.35. The largest absolute Gasteiger partial charge is 0.459 e. The van der Waals surface area contributed by atoms with Crippen LogP contribution in [0.2, 0.25) is 0 Å². The third kappa shape index (κ3) is 4.87. The number of aliphatic imine (C=N–C) groups is 1. The van der Waals surface area contributed by atoms with Crippen molar-refractivity contribution in [3.8, 4) is 0 Å². The van der Waals surface area contributed by atoms with Crippen molar-refractivity contribution in [3.05, 3.63) is 11.6 Å². The molecule has 2 rings (SSSR count). The molecule has 0 amide bonds. The summed E-state index contributed by atoms with van der Waals surface area (Å²) in [7, 11) is 0. The van der Waals surface area contributed by atoms with E-state index in [1.807, 2.05) is 37.2 Å². The number of piperazine rings is 1. The molecule has 0 bridgehead atoms. The fourth-order valence-corrected chi connectivity index (χ4v) is 2.82. The van der Waals surface area contributed by atoms with Crippen LogP contribution in [0, 0.1) is 0 Å². The zero-order valence-corrected chi connectivity index (χ0v) is 14.1. The average Bonchev–Trinajstić information content (AvgIpc) is 2.97. The predicted octanol–water partition coefficient (Wildman–Crippen LogP) is 0.922. The summed E-state index contributed by atoms with van der Waals surface area (Å²) in [5, 5.41) is 3.00. The van der Waals surface area contributed by atoms with Crippen LogP contribution in [-0.4, -0.2) is 60.1 Å². The Bertz CT molecular complexity index is 516. The molecule has 1 aliphatic rings. The second-order valence-electron chi connectivity index (χ2n) is 6.05. The summed E-state index contributed by atoms with van der Waals surface area (Å²) in [5.74, 6) is 0.0292. The van der Waals surface area contributed by atoms with Gasteiger partial charge in [-0.1, -0.05) is 0 Å². The molecule has 0 saturated carbocycles. The molecule has 1 aliphatic heterocycles. The van der Waals surface area contributed by atoms with Crippen molar-refractivity contribution in [1.82, 2.24) is 9.88 Å². The maximum absolute atomic E-state index is 11.6. The summed E-state index contributed by atoms with van der Waals surface area (Å²) >= 11 is 1.63. The lowest BCUT2D eigenvalue weighted by molar-refractivity contribution is -0.152. The van der Waals surface area contributed by atoms with Crippen LogP contribution in [0.15, 0.2) is 16.6 Å². The lowest BCUT2D eigenvalue weighted by atomic mass is 10.2. The number of guanidine groups is 1. The number of hydrogen-bond acceptors (Lipinski definition) is 6. The van der Waals surface area contributed by atoms with Gasteiger partial charge in [0.15, 0.2) is 11.1 Å². The number of aromatic nitrogens is 1. The van der Waals surface area contributed by atoms with E-state index in [0.717, 1.165) is 31.3 Å². The van der Waals surface area contributed by atoms with Gasteiger partial charge in [0.2, 0.25) is 0 Å². The smallest absolute Gasteiger partial charge is 0.328 e. The van der Waals surface area contributed by atoms with E-state index >= 15 is 0 Å². The van der Waals surface area contributed by atoms with Gasteiger partial charge in [0.25, 0.3) is 0 Å². The number of rotatable bonds is 3. The number of esters is 1. The zero-order chi connectivity index (χ0) is 16.2. The molecule has 8 heteroatoms. The van der Waals surface area contributed by atoms with Crippen molar-refractivity contribution in [1.29, 1.82) is 0 Å². The Morgan fingerprint density at radius 1 is 1.41 bits per heavy atom. The Balaban J connectivity index is 1.80. The molecule has 0 radical (unpaired) electrons. The minimum Gasteiger partial charge on any atom is -0.459 e. The molecule has 0 spiro atoms. The highest BCUT2D eigenvalue weighted by molar-refractivity contribution is 7.13. The van der Waals surface area contributed by atoms with Crippen LogP contribution in [0.5, 0.6) is 0 Å². The molecule has 2 N–H and O–H groups in total. The van der Waals surface area contributed by atoms with Gasteiger partial charge in [-0.05, 0) is 20.8 Å². The Hall–Kier alpha value is -1.83. The van der Waals surface area contributed by atoms with Crippen LogP contribution < -0.4 is 10.6 Å². The van der Waals surface area contributed by atoms with Crippen LogP contribution in [0.1, 0.15) is 20.8 Å². The van der Waals surface area contributed by atoms with Crippen LogP contribution in [0.25, 0.3) is 0 Å². The van der Waals surface area contributed by atoms with E-state index in [9.17, 15) is 4.79 Å². The van der Waals surface area contributed by atoms with Crippen LogP contribution in [0.3, 0.4) is 0 Å². The first-order valence-corrected chi connectivity index (χ1v) is 8.14.